The second-order valence-corrected chi connectivity index (χ2v) is 7.81. The van der Waals surface area contributed by atoms with Crippen LogP contribution < -0.4 is 10.9 Å². The molecule has 0 saturated carbocycles. The maximum absolute atomic E-state index is 12.4. The topological polar surface area (TPSA) is 64.0 Å². The Morgan fingerprint density at radius 1 is 1.26 bits per heavy atom. The second kappa shape index (κ2) is 8.33. The van der Waals surface area contributed by atoms with Gasteiger partial charge in [-0.25, -0.2) is 4.98 Å². The molecule has 0 bridgehead atoms. The van der Waals surface area contributed by atoms with Gasteiger partial charge in [-0.3, -0.25) is 14.2 Å². The van der Waals surface area contributed by atoms with Crippen LogP contribution >= 0.6 is 35.0 Å². The van der Waals surface area contributed by atoms with Crippen molar-refractivity contribution in [3.63, 3.8) is 0 Å². The Morgan fingerprint density at radius 2 is 2.00 bits per heavy atom. The minimum Gasteiger partial charge on any atom is -0.349 e. The Balaban J connectivity index is 1.70. The number of nitrogens with zero attached hydrogens (tertiary/aromatic N) is 2. The number of thioether (sulfide) groups is 1. The number of benzene rings is 2. The van der Waals surface area contributed by atoms with E-state index >= 15 is 0 Å². The van der Waals surface area contributed by atoms with Crippen LogP contribution in [0.3, 0.4) is 0 Å². The number of carbonyl (C=O) groups is 1. The van der Waals surface area contributed by atoms with E-state index in [4.69, 9.17) is 23.2 Å². The van der Waals surface area contributed by atoms with Gasteiger partial charge in [0.2, 0.25) is 5.91 Å². The maximum atomic E-state index is 12.4. The van der Waals surface area contributed by atoms with Crippen LogP contribution in [0.25, 0.3) is 10.9 Å². The number of rotatable bonds is 5. The zero-order valence-corrected chi connectivity index (χ0v) is 17.0. The molecular formula is C19H17Cl2N3O2S. The highest BCUT2D eigenvalue weighted by molar-refractivity contribution is 7.99. The Labute approximate surface area is 170 Å². The third-order valence-corrected chi connectivity index (χ3v) is 5.67. The largest absolute Gasteiger partial charge is 0.349 e. The van der Waals surface area contributed by atoms with Crippen LogP contribution in [-0.4, -0.2) is 21.2 Å². The van der Waals surface area contributed by atoms with Gasteiger partial charge in [0.1, 0.15) is 0 Å². The average molecular weight is 422 g/mol. The van der Waals surface area contributed by atoms with Crippen molar-refractivity contribution in [2.24, 2.45) is 7.05 Å². The average Bonchev–Trinajstić information content (AvgIpc) is 2.63. The van der Waals surface area contributed by atoms with Gasteiger partial charge in [-0.2, -0.15) is 0 Å². The first-order valence-electron chi connectivity index (χ1n) is 8.19. The molecule has 0 aliphatic rings. The molecule has 0 aliphatic heterocycles. The van der Waals surface area contributed by atoms with Crippen molar-refractivity contribution in [3.05, 3.63) is 68.4 Å². The van der Waals surface area contributed by atoms with Gasteiger partial charge >= 0.3 is 0 Å². The highest BCUT2D eigenvalue weighted by atomic mass is 35.5. The molecule has 1 N–H and O–H groups in total. The highest BCUT2D eigenvalue weighted by Gasteiger charge is 2.15. The lowest BCUT2D eigenvalue weighted by Crippen LogP contribution is -2.29. The number of fused-ring (bicyclic) bond motifs is 1. The van der Waals surface area contributed by atoms with Crippen molar-refractivity contribution < 1.29 is 4.79 Å². The molecule has 0 aliphatic carbocycles. The molecule has 0 unspecified atom stereocenters. The normalized spacial score (nSPS) is 12.1. The first kappa shape index (κ1) is 19.7. The van der Waals surface area contributed by atoms with Crippen LogP contribution in [0.15, 0.2) is 52.4 Å². The number of nitrogens with one attached hydrogen (secondary N) is 1. The first-order chi connectivity index (χ1) is 12.9. The van der Waals surface area contributed by atoms with Crippen LogP contribution in [-0.2, 0) is 11.8 Å². The van der Waals surface area contributed by atoms with Crippen LogP contribution in [0.5, 0.6) is 0 Å². The van der Waals surface area contributed by atoms with Crippen molar-refractivity contribution in [2.45, 2.75) is 18.1 Å². The third kappa shape index (κ3) is 4.46. The fourth-order valence-corrected chi connectivity index (χ4v) is 4.03. The number of amides is 1. The van der Waals surface area contributed by atoms with Crippen molar-refractivity contribution in [2.75, 3.05) is 5.75 Å². The number of halogens is 2. The Hall–Kier alpha value is -2.02. The molecule has 1 amide bonds. The molecule has 0 saturated heterocycles. The summed E-state index contributed by atoms with van der Waals surface area (Å²) in [6, 6.07) is 12.0. The zero-order valence-electron chi connectivity index (χ0n) is 14.7. The molecule has 140 valence electrons. The molecule has 1 aromatic heterocycles. The fourth-order valence-electron chi connectivity index (χ4n) is 2.67. The third-order valence-electron chi connectivity index (χ3n) is 4.08. The van der Waals surface area contributed by atoms with E-state index < -0.39 is 0 Å². The first-order valence-corrected chi connectivity index (χ1v) is 9.94. The Bertz CT molecular complexity index is 1070. The van der Waals surface area contributed by atoms with E-state index in [1.165, 1.54) is 16.3 Å². The van der Waals surface area contributed by atoms with Gasteiger partial charge in [0.15, 0.2) is 5.16 Å². The predicted octanol–water partition coefficient (Wildman–Crippen LogP) is 4.21. The predicted molar refractivity (Wildman–Crippen MR) is 111 cm³/mol. The highest BCUT2D eigenvalue weighted by Crippen LogP contribution is 2.26. The molecule has 3 rings (SSSR count). The molecule has 2 aromatic carbocycles. The maximum Gasteiger partial charge on any atom is 0.261 e. The molecular weight excluding hydrogens is 405 g/mol. The quantitative estimate of drug-likeness (QED) is 0.494. The summed E-state index contributed by atoms with van der Waals surface area (Å²) in [5, 5.41) is 4.99. The molecule has 1 atom stereocenters. The smallest absolute Gasteiger partial charge is 0.261 e. The molecule has 8 heteroatoms. The fraction of sp³-hybridized carbons (Fsp3) is 0.211. The van der Waals surface area contributed by atoms with Gasteiger partial charge in [0, 0.05) is 17.1 Å². The van der Waals surface area contributed by atoms with E-state index in [0.29, 0.717) is 26.1 Å². The summed E-state index contributed by atoms with van der Waals surface area (Å²) in [4.78, 5) is 29.2. The van der Waals surface area contributed by atoms with Gasteiger partial charge in [0.25, 0.3) is 5.56 Å². The summed E-state index contributed by atoms with van der Waals surface area (Å²) in [5.74, 6) is -0.0466. The molecule has 1 heterocycles. The SMILES string of the molecule is C[C@H](NC(=O)CSc1nc2ccccc2c(=O)n1C)c1ccc(Cl)cc1Cl. The lowest BCUT2D eigenvalue weighted by atomic mass is 10.1. The van der Waals surface area contributed by atoms with Gasteiger partial charge < -0.3 is 5.32 Å². The zero-order chi connectivity index (χ0) is 19.6. The van der Waals surface area contributed by atoms with Gasteiger partial charge in [-0.05, 0) is 36.8 Å². The van der Waals surface area contributed by atoms with Crippen molar-refractivity contribution in [3.8, 4) is 0 Å². The lowest BCUT2D eigenvalue weighted by molar-refractivity contribution is -0.119. The number of para-hydroxylation sites is 1. The number of hydrogen-bond acceptors (Lipinski definition) is 4. The van der Waals surface area contributed by atoms with Crippen LogP contribution in [0, 0.1) is 0 Å². The molecule has 27 heavy (non-hydrogen) atoms. The van der Waals surface area contributed by atoms with Crippen molar-refractivity contribution in [1.29, 1.82) is 0 Å². The number of hydrogen-bond donors (Lipinski definition) is 1. The van der Waals surface area contributed by atoms with E-state index in [1.54, 1.807) is 43.4 Å². The van der Waals surface area contributed by atoms with Crippen LogP contribution in [0.2, 0.25) is 10.0 Å². The molecule has 5 nitrogen and oxygen atoms in total. The van der Waals surface area contributed by atoms with Gasteiger partial charge in [-0.15, -0.1) is 0 Å². The minimum absolute atomic E-state index is 0.133. The monoisotopic (exact) mass is 421 g/mol. The summed E-state index contributed by atoms with van der Waals surface area (Å²) in [7, 11) is 1.65. The Morgan fingerprint density at radius 3 is 2.74 bits per heavy atom. The van der Waals surface area contributed by atoms with Crippen molar-refractivity contribution in [1.82, 2.24) is 14.9 Å². The van der Waals surface area contributed by atoms with E-state index in [-0.39, 0.29) is 23.3 Å². The number of aromatic nitrogens is 2. The molecule has 0 radical (unpaired) electrons. The van der Waals surface area contributed by atoms with Crippen LogP contribution in [0.4, 0.5) is 0 Å². The summed E-state index contributed by atoms with van der Waals surface area (Å²) >= 11 is 13.3. The molecule has 3 aromatic rings. The summed E-state index contributed by atoms with van der Waals surface area (Å²) in [6.45, 7) is 1.85. The minimum atomic E-state index is -0.267. The van der Waals surface area contributed by atoms with E-state index in [1.807, 2.05) is 13.0 Å². The van der Waals surface area contributed by atoms with Gasteiger partial charge in [-0.1, -0.05) is 53.2 Å². The lowest BCUT2D eigenvalue weighted by Gasteiger charge is -2.16. The van der Waals surface area contributed by atoms with E-state index in [9.17, 15) is 9.59 Å². The second-order valence-electron chi connectivity index (χ2n) is 6.02. The summed E-state index contributed by atoms with van der Waals surface area (Å²) in [5.41, 5.74) is 1.27. The van der Waals surface area contributed by atoms with E-state index in [0.717, 1.165) is 5.56 Å². The standard InChI is InChI=1S/C19H17Cl2N3O2S/c1-11(13-8-7-12(20)9-15(13)21)22-17(25)10-27-19-23-16-6-4-3-5-14(16)18(26)24(19)2/h3-9,11H,10H2,1-2H3,(H,22,25)/t11-/m0/s1. The summed E-state index contributed by atoms with van der Waals surface area (Å²) in [6.07, 6.45) is 0. The Kier molecular flexibility index (Phi) is 6.09. The summed E-state index contributed by atoms with van der Waals surface area (Å²) < 4.78 is 1.46. The molecule has 0 fully saturated rings. The van der Waals surface area contributed by atoms with Gasteiger partial charge in [0.05, 0.1) is 22.7 Å². The number of carbonyl (C=O) groups excluding carboxylic acids is 1. The van der Waals surface area contributed by atoms with Crippen molar-refractivity contribution >= 4 is 51.8 Å². The molecule has 0 spiro atoms. The van der Waals surface area contributed by atoms with E-state index in [2.05, 4.69) is 10.3 Å². The van der Waals surface area contributed by atoms with Crippen LogP contribution in [0.1, 0.15) is 18.5 Å².